The molecule has 0 N–H and O–H groups in total. The molecule has 0 unspecified atom stereocenters. The Kier molecular flexibility index (Phi) is 5.30. The fourth-order valence-corrected chi connectivity index (χ4v) is 1.21. The van der Waals surface area contributed by atoms with Crippen molar-refractivity contribution in [3.05, 3.63) is 0 Å². The van der Waals surface area contributed by atoms with Crippen LogP contribution in [0.4, 0.5) is 0 Å². The van der Waals surface area contributed by atoms with Gasteiger partial charge in [0.1, 0.15) is 0 Å². The number of hydrogen-bond acceptors (Lipinski definition) is 1. The van der Waals surface area contributed by atoms with Crippen molar-refractivity contribution < 1.29 is 4.79 Å². The van der Waals surface area contributed by atoms with Crippen LogP contribution in [0.1, 0.15) is 40.5 Å². The van der Waals surface area contributed by atoms with E-state index in [0.717, 1.165) is 19.4 Å². The minimum Gasteiger partial charge on any atom is -0.331 e. The molecule has 0 spiro atoms. The van der Waals surface area contributed by atoms with Gasteiger partial charge in [0.15, 0.2) is 0 Å². The summed E-state index contributed by atoms with van der Waals surface area (Å²) >= 11 is 0. The van der Waals surface area contributed by atoms with Crippen LogP contribution in [-0.4, -0.2) is 23.9 Å². The fraction of sp³-hybridized carbons (Fsp3) is 0.750. The van der Waals surface area contributed by atoms with E-state index in [1.54, 1.807) is 4.90 Å². The third-order valence-electron chi connectivity index (χ3n) is 2.53. The van der Waals surface area contributed by atoms with E-state index in [2.05, 4.69) is 12.8 Å². The molecular formula is C12H21NO. The van der Waals surface area contributed by atoms with Gasteiger partial charge in [-0.1, -0.05) is 33.6 Å². The van der Waals surface area contributed by atoms with Crippen molar-refractivity contribution in [2.24, 2.45) is 5.41 Å². The van der Waals surface area contributed by atoms with Crippen LogP contribution < -0.4 is 0 Å². The average Bonchev–Trinajstić information content (AvgIpc) is 2.16. The molecule has 2 nitrogen and oxygen atoms in total. The molecule has 0 aliphatic rings. The van der Waals surface area contributed by atoms with E-state index in [0.29, 0.717) is 6.54 Å². The molecule has 0 radical (unpaired) electrons. The lowest BCUT2D eigenvalue weighted by Crippen LogP contribution is -2.41. The van der Waals surface area contributed by atoms with E-state index < -0.39 is 0 Å². The zero-order valence-electron chi connectivity index (χ0n) is 9.76. The summed E-state index contributed by atoms with van der Waals surface area (Å²) in [7, 11) is 0. The Morgan fingerprint density at radius 3 is 2.36 bits per heavy atom. The maximum atomic E-state index is 12.0. The highest BCUT2D eigenvalue weighted by Crippen LogP contribution is 2.22. The summed E-state index contributed by atoms with van der Waals surface area (Å²) in [5, 5.41) is 0. The molecule has 0 saturated carbocycles. The molecule has 0 rings (SSSR count). The van der Waals surface area contributed by atoms with Crippen molar-refractivity contribution in [1.29, 1.82) is 0 Å². The standard InChI is InChI=1S/C12H21NO/c1-6-9-13(10-7-2)11(14)12(4,5)8-3/h1H,7-10H2,2-5H3. The minimum absolute atomic E-state index is 0.166. The number of rotatable bonds is 5. The maximum Gasteiger partial charge on any atom is 0.229 e. The van der Waals surface area contributed by atoms with Crippen LogP contribution >= 0.6 is 0 Å². The van der Waals surface area contributed by atoms with Gasteiger partial charge in [-0.2, -0.15) is 0 Å². The number of hydrogen-bond donors (Lipinski definition) is 0. The van der Waals surface area contributed by atoms with Gasteiger partial charge in [-0.25, -0.2) is 0 Å². The third kappa shape index (κ3) is 3.41. The Hall–Kier alpha value is -0.970. The predicted molar refractivity (Wildman–Crippen MR) is 59.8 cm³/mol. The lowest BCUT2D eigenvalue weighted by Gasteiger charge is -2.29. The zero-order chi connectivity index (χ0) is 11.2. The number of amides is 1. The Labute approximate surface area is 87.7 Å². The van der Waals surface area contributed by atoms with Gasteiger partial charge in [0.2, 0.25) is 5.91 Å². The average molecular weight is 195 g/mol. The molecule has 1 amide bonds. The highest BCUT2D eigenvalue weighted by atomic mass is 16.2. The zero-order valence-corrected chi connectivity index (χ0v) is 9.76. The minimum atomic E-state index is -0.286. The molecule has 14 heavy (non-hydrogen) atoms. The molecule has 0 atom stereocenters. The molecule has 0 saturated heterocycles. The van der Waals surface area contributed by atoms with Crippen LogP contribution in [0.15, 0.2) is 0 Å². The van der Waals surface area contributed by atoms with Crippen LogP contribution in [0, 0.1) is 17.8 Å². The van der Waals surface area contributed by atoms with E-state index in [9.17, 15) is 4.79 Å². The molecule has 0 heterocycles. The third-order valence-corrected chi connectivity index (χ3v) is 2.53. The molecule has 0 bridgehead atoms. The molecule has 0 aromatic heterocycles. The summed E-state index contributed by atoms with van der Waals surface area (Å²) in [4.78, 5) is 13.8. The SMILES string of the molecule is C#CCN(CCC)C(=O)C(C)(C)CC. The number of terminal acetylenes is 1. The summed E-state index contributed by atoms with van der Waals surface area (Å²) in [5.41, 5.74) is -0.286. The summed E-state index contributed by atoms with van der Waals surface area (Å²) in [6.07, 6.45) is 7.03. The first-order chi connectivity index (χ1) is 6.49. The van der Waals surface area contributed by atoms with Crippen LogP contribution in [-0.2, 0) is 4.79 Å². The van der Waals surface area contributed by atoms with E-state index in [-0.39, 0.29) is 11.3 Å². The Balaban J connectivity index is 4.51. The van der Waals surface area contributed by atoms with E-state index in [1.165, 1.54) is 0 Å². The maximum absolute atomic E-state index is 12.0. The van der Waals surface area contributed by atoms with Crippen molar-refractivity contribution in [2.45, 2.75) is 40.5 Å². The van der Waals surface area contributed by atoms with Gasteiger partial charge in [0.25, 0.3) is 0 Å². The molecule has 0 fully saturated rings. The van der Waals surface area contributed by atoms with Crippen molar-refractivity contribution in [3.63, 3.8) is 0 Å². The van der Waals surface area contributed by atoms with Crippen molar-refractivity contribution in [1.82, 2.24) is 4.90 Å². The van der Waals surface area contributed by atoms with E-state index >= 15 is 0 Å². The second kappa shape index (κ2) is 5.70. The second-order valence-corrected chi connectivity index (χ2v) is 4.17. The Morgan fingerprint density at radius 2 is 2.00 bits per heavy atom. The monoisotopic (exact) mass is 195 g/mol. The van der Waals surface area contributed by atoms with Crippen LogP contribution in [0.3, 0.4) is 0 Å². The number of carbonyl (C=O) groups is 1. The number of nitrogens with zero attached hydrogens (tertiary/aromatic N) is 1. The van der Waals surface area contributed by atoms with Gasteiger partial charge >= 0.3 is 0 Å². The van der Waals surface area contributed by atoms with Crippen LogP contribution in [0.25, 0.3) is 0 Å². The van der Waals surface area contributed by atoms with E-state index in [4.69, 9.17) is 6.42 Å². The molecule has 0 aromatic carbocycles. The van der Waals surface area contributed by atoms with Crippen LogP contribution in [0.5, 0.6) is 0 Å². The first kappa shape index (κ1) is 13.0. The topological polar surface area (TPSA) is 20.3 Å². The molecular weight excluding hydrogens is 174 g/mol. The normalized spacial score (nSPS) is 10.8. The second-order valence-electron chi connectivity index (χ2n) is 4.17. The van der Waals surface area contributed by atoms with Crippen LogP contribution in [0.2, 0.25) is 0 Å². The smallest absolute Gasteiger partial charge is 0.229 e. The predicted octanol–water partition coefficient (Wildman–Crippen LogP) is 2.29. The first-order valence-corrected chi connectivity index (χ1v) is 5.22. The number of carbonyl (C=O) groups excluding carboxylic acids is 1. The van der Waals surface area contributed by atoms with Gasteiger partial charge in [-0.15, -0.1) is 6.42 Å². The van der Waals surface area contributed by atoms with Gasteiger partial charge in [-0.3, -0.25) is 4.79 Å². The lowest BCUT2D eigenvalue weighted by molar-refractivity contribution is -0.139. The molecule has 80 valence electrons. The summed E-state index contributed by atoms with van der Waals surface area (Å²) < 4.78 is 0. The molecule has 0 aliphatic carbocycles. The Morgan fingerprint density at radius 1 is 1.43 bits per heavy atom. The van der Waals surface area contributed by atoms with Crippen molar-refractivity contribution in [3.8, 4) is 12.3 Å². The van der Waals surface area contributed by atoms with Crippen molar-refractivity contribution >= 4 is 5.91 Å². The van der Waals surface area contributed by atoms with Gasteiger partial charge < -0.3 is 4.90 Å². The summed E-state index contributed by atoms with van der Waals surface area (Å²) in [6.45, 7) is 9.19. The van der Waals surface area contributed by atoms with Gasteiger partial charge in [0, 0.05) is 12.0 Å². The van der Waals surface area contributed by atoms with Gasteiger partial charge in [-0.05, 0) is 12.8 Å². The van der Waals surface area contributed by atoms with Crippen molar-refractivity contribution in [2.75, 3.05) is 13.1 Å². The molecule has 0 aromatic rings. The molecule has 2 heteroatoms. The molecule has 0 aliphatic heterocycles. The fourth-order valence-electron chi connectivity index (χ4n) is 1.21. The highest BCUT2D eigenvalue weighted by Gasteiger charge is 2.29. The first-order valence-electron chi connectivity index (χ1n) is 5.22. The summed E-state index contributed by atoms with van der Waals surface area (Å²) in [6, 6.07) is 0. The van der Waals surface area contributed by atoms with E-state index in [1.807, 2.05) is 20.8 Å². The lowest BCUT2D eigenvalue weighted by atomic mass is 9.88. The van der Waals surface area contributed by atoms with Gasteiger partial charge in [0.05, 0.1) is 6.54 Å². The largest absolute Gasteiger partial charge is 0.331 e. The quantitative estimate of drug-likeness (QED) is 0.616. The highest BCUT2D eigenvalue weighted by molar-refractivity contribution is 5.82. The Bertz CT molecular complexity index is 225. The summed E-state index contributed by atoms with van der Waals surface area (Å²) in [5.74, 6) is 2.70.